The molecular formula is C30H26N2O4S. The minimum absolute atomic E-state index is 0.0139. The lowest BCUT2D eigenvalue weighted by molar-refractivity contribution is -0.117. The number of nitrogens with zero attached hydrogens (tertiary/aromatic N) is 2. The van der Waals surface area contributed by atoms with Crippen molar-refractivity contribution in [3.63, 3.8) is 0 Å². The Labute approximate surface area is 219 Å². The van der Waals surface area contributed by atoms with Gasteiger partial charge >= 0.3 is 0 Å². The zero-order chi connectivity index (χ0) is 26.3. The van der Waals surface area contributed by atoms with E-state index in [9.17, 15) is 14.7 Å². The zero-order valence-electron chi connectivity index (χ0n) is 21.0. The van der Waals surface area contributed by atoms with Crippen LogP contribution in [0.1, 0.15) is 38.1 Å². The number of benzene rings is 3. The van der Waals surface area contributed by atoms with E-state index in [1.54, 1.807) is 20.1 Å². The van der Waals surface area contributed by atoms with E-state index in [1.807, 2.05) is 80.6 Å². The maximum absolute atomic E-state index is 14.1. The summed E-state index contributed by atoms with van der Waals surface area (Å²) in [6.45, 7) is 5.66. The van der Waals surface area contributed by atoms with Gasteiger partial charge in [-0.3, -0.25) is 14.5 Å². The van der Waals surface area contributed by atoms with E-state index in [2.05, 4.69) is 4.98 Å². The van der Waals surface area contributed by atoms with Gasteiger partial charge < -0.3 is 9.84 Å². The molecule has 4 aromatic rings. The predicted molar refractivity (Wildman–Crippen MR) is 145 cm³/mol. The Bertz CT molecular complexity index is 1530. The van der Waals surface area contributed by atoms with Crippen LogP contribution in [0.5, 0.6) is 5.75 Å². The second-order valence-electron chi connectivity index (χ2n) is 9.06. The molecule has 7 heteroatoms. The van der Waals surface area contributed by atoms with Gasteiger partial charge in [-0.05, 0) is 50.1 Å². The lowest BCUT2D eigenvalue weighted by atomic mass is 9.94. The molecule has 1 aliphatic rings. The van der Waals surface area contributed by atoms with Gasteiger partial charge in [0, 0.05) is 16.8 Å². The Morgan fingerprint density at radius 2 is 1.62 bits per heavy atom. The number of methoxy groups -OCH3 is 1. The van der Waals surface area contributed by atoms with Crippen molar-refractivity contribution < 1.29 is 19.4 Å². The molecule has 1 aromatic heterocycles. The first-order chi connectivity index (χ1) is 17.8. The minimum Gasteiger partial charge on any atom is -0.503 e. The first-order valence-electron chi connectivity index (χ1n) is 11.9. The van der Waals surface area contributed by atoms with Crippen LogP contribution in [0.3, 0.4) is 0 Å². The monoisotopic (exact) mass is 510 g/mol. The minimum atomic E-state index is -0.876. The van der Waals surface area contributed by atoms with Crippen LogP contribution in [-0.4, -0.2) is 28.9 Å². The quantitative estimate of drug-likeness (QED) is 0.299. The molecule has 0 fully saturated rings. The normalized spacial score (nSPS) is 15.4. The molecule has 0 saturated heterocycles. The molecule has 37 heavy (non-hydrogen) atoms. The average Bonchev–Trinajstić information content (AvgIpc) is 3.40. The molecule has 2 heterocycles. The molecule has 0 radical (unpaired) electrons. The molecule has 0 aliphatic carbocycles. The van der Waals surface area contributed by atoms with E-state index in [-0.39, 0.29) is 5.57 Å². The Balaban J connectivity index is 1.68. The van der Waals surface area contributed by atoms with E-state index in [4.69, 9.17) is 4.74 Å². The molecule has 1 aliphatic heterocycles. The second-order valence-corrected chi connectivity index (χ2v) is 10.1. The Kier molecular flexibility index (Phi) is 6.39. The predicted octanol–water partition coefficient (Wildman–Crippen LogP) is 6.53. The Morgan fingerprint density at radius 1 is 0.973 bits per heavy atom. The number of anilines is 1. The highest BCUT2D eigenvalue weighted by molar-refractivity contribution is 7.17. The number of ether oxygens (including phenoxy) is 1. The number of aliphatic hydroxyl groups excluding tert-OH is 1. The lowest BCUT2D eigenvalue weighted by Gasteiger charge is -2.28. The highest BCUT2D eigenvalue weighted by Crippen LogP contribution is 2.46. The van der Waals surface area contributed by atoms with Crippen LogP contribution in [0.4, 0.5) is 5.69 Å². The number of aliphatic hydroxyl groups is 1. The standard InChI is InChI=1S/C30H26N2O4S/c1-17-14-18(2)16-21(15-17)32-25(22-12-8-9-13-23(22)36-4)24(27(34)30(32)35)26(33)28-19(3)31-29(37-28)20-10-6-5-7-11-20/h5-16,25,34H,1-4H3. The van der Waals surface area contributed by atoms with Crippen molar-refractivity contribution in [2.24, 2.45) is 0 Å². The Hall–Kier alpha value is -4.23. The summed E-state index contributed by atoms with van der Waals surface area (Å²) in [5.41, 5.74) is 4.59. The largest absolute Gasteiger partial charge is 0.503 e. The zero-order valence-corrected chi connectivity index (χ0v) is 21.8. The maximum atomic E-state index is 14.1. The number of carbonyl (C=O) groups is 2. The number of ketones is 1. The first-order valence-corrected chi connectivity index (χ1v) is 12.7. The van der Waals surface area contributed by atoms with Crippen LogP contribution >= 0.6 is 11.3 Å². The van der Waals surface area contributed by atoms with Crippen molar-refractivity contribution in [3.8, 4) is 16.3 Å². The van der Waals surface area contributed by atoms with Crippen molar-refractivity contribution in [2.75, 3.05) is 12.0 Å². The summed E-state index contributed by atoms with van der Waals surface area (Å²) in [5.74, 6) is -1.10. The Morgan fingerprint density at radius 3 is 2.30 bits per heavy atom. The van der Waals surface area contributed by atoms with Gasteiger partial charge in [0.05, 0.1) is 29.3 Å². The summed E-state index contributed by atoms with van der Waals surface area (Å²) in [4.78, 5) is 34.2. The number of para-hydroxylation sites is 1. The fourth-order valence-electron chi connectivity index (χ4n) is 4.81. The lowest BCUT2D eigenvalue weighted by Crippen LogP contribution is -2.31. The van der Waals surface area contributed by atoms with Gasteiger partial charge in [-0.2, -0.15) is 0 Å². The van der Waals surface area contributed by atoms with Gasteiger partial charge in [0.2, 0.25) is 5.78 Å². The number of Topliss-reactive ketones (excluding diaryl/α,β-unsaturated/α-hetero) is 1. The molecule has 186 valence electrons. The number of hydrogen-bond acceptors (Lipinski definition) is 6. The van der Waals surface area contributed by atoms with Gasteiger partial charge in [-0.25, -0.2) is 4.98 Å². The topological polar surface area (TPSA) is 79.7 Å². The van der Waals surface area contributed by atoms with Crippen LogP contribution in [-0.2, 0) is 4.79 Å². The first kappa shape index (κ1) is 24.5. The van der Waals surface area contributed by atoms with Gasteiger partial charge in [0.15, 0.2) is 5.76 Å². The molecule has 6 nitrogen and oxygen atoms in total. The van der Waals surface area contributed by atoms with Crippen LogP contribution in [0.2, 0.25) is 0 Å². The summed E-state index contributed by atoms with van der Waals surface area (Å²) < 4.78 is 5.62. The van der Waals surface area contributed by atoms with Crippen LogP contribution in [0.15, 0.2) is 84.1 Å². The van der Waals surface area contributed by atoms with Crippen molar-refractivity contribution in [1.82, 2.24) is 4.98 Å². The SMILES string of the molecule is COc1ccccc1C1C(C(=O)c2sc(-c3ccccc3)nc2C)=C(O)C(=O)N1c1cc(C)cc(C)c1. The number of aryl methyl sites for hydroxylation is 3. The molecule has 0 spiro atoms. The maximum Gasteiger partial charge on any atom is 0.294 e. The molecule has 1 amide bonds. The number of amides is 1. The van der Waals surface area contributed by atoms with E-state index in [0.717, 1.165) is 16.7 Å². The fourth-order valence-corrected chi connectivity index (χ4v) is 5.84. The molecule has 1 unspecified atom stereocenters. The van der Waals surface area contributed by atoms with Gasteiger partial charge in [0.1, 0.15) is 10.8 Å². The third-order valence-electron chi connectivity index (χ3n) is 6.39. The van der Waals surface area contributed by atoms with E-state index >= 15 is 0 Å². The van der Waals surface area contributed by atoms with E-state index < -0.39 is 23.5 Å². The molecule has 5 rings (SSSR count). The molecule has 0 bridgehead atoms. The van der Waals surface area contributed by atoms with Crippen molar-refractivity contribution in [2.45, 2.75) is 26.8 Å². The summed E-state index contributed by atoms with van der Waals surface area (Å²) in [6.07, 6.45) is 0. The summed E-state index contributed by atoms with van der Waals surface area (Å²) >= 11 is 1.25. The number of hydrogen-bond donors (Lipinski definition) is 1. The summed E-state index contributed by atoms with van der Waals surface area (Å²) in [5, 5.41) is 11.9. The fraction of sp³-hybridized carbons (Fsp3) is 0.167. The van der Waals surface area contributed by atoms with Crippen molar-refractivity contribution >= 4 is 28.7 Å². The third kappa shape index (κ3) is 4.32. The van der Waals surface area contributed by atoms with Gasteiger partial charge in [-0.1, -0.05) is 54.6 Å². The molecule has 1 N–H and O–H groups in total. The molecule has 1 atom stereocenters. The number of rotatable bonds is 6. The highest BCUT2D eigenvalue weighted by atomic mass is 32.1. The van der Waals surface area contributed by atoms with Gasteiger partial charge in [0.25, 0.3) is 5.91 Å². The number of aromatic nitrogens is 1. The molecule has 0 saturated carbocycles. The van der Waals surface area contributed by atoms with Crippen LogP contribution < -0.4 is 9.64 Å². The summed E-state index contributed by atoms with van der Waals surface area (Å²) in [7, 11) is 1.54. The summed E-state index contributed by atoms with van der Waals surface area (Å²) in [6, 6.07) is 21.7. The average molecular weight is 511 g/mol. The molecular weight excluding hydrogens is 484 g/mol. The second kappa shape index (κ2) is 9.67. The van der Waals surface area contributed by atoms with Crippen LogP contribution in [0, 0.1) is 20.8 Å². The number of carbonyl (C=O) groups excluding carboxylic acids is 2. The number of thiazole rings is 1. The highest BCUT2D eigenvalue weighted by Gasteiger charge is 2.46. The van der Waals surface area contributed by atoms with Crippen molar-refractivity contribution in [3.05, 3.63) is 111 Å². The van der Waals surface area contributed by atoms with E-state index in [0.29, 0.717) is 32.6 Å². The van der Waals surface area contributed by atoms with E-state index in [1.165, 1.54) is 16.2 Å². The molecule has 3 aromatic carbocycles. The third-order valence-corrected chi connectivity index (χ3v) is 7.60. The smallest absolute Gasteiger partial charge is 0.294 e. The van der Waals surface area contributed by atoms with Crippen LogP contribution in [0.25, 0.3) is 10.6 Å². The van der Waals surface area contributed by atoms with Gasteiger partial charge in [-0.15, -0.1) is 11.3 Å². The van der Waals surface area contributed by atoms with Crippen molar-refractivity contribution in [1.29, 1.82) is 0 Å².